The van der Waals surface area contributed by atoms with Gasteiger partial charge in [-0.3, -0.25) is 4.79 Å². The summed E-state index contributed by atoms with van der Waals surface area (Å²) in [6, 6.07) is -0.334. The van der Waals surface area contributed by atoms with Gasteiger partial charge in [0.25, 0.3) is 0 Å². The van der Waals surface area contributed by atoms with Crippen molar-refractivity contribution in [3.05, 3.63) is 0 Å². The van der Waals surface area contributed by atoms with E-state index in [1.54, 1.807) is 7.05 Å². The van der Waals surface area contributed by atoms with Crippen LogP contribution in [0, 0.1) is 5.92 Å². The van der Waals surface area contributed by atoms with Gasteiger partial charge in [0.2, 0.25) is 0 Å². The van der Waals surface area contributed by atoms with Crippen LogP contribution in [-0.2, 0) is 9.53 Å². The smallest absolute Gasteiger partial charge is 0.401 e. The van der Waals surface area contributed by atoms with Crippen molar-refractivity contribution in [2.24, 2.45) is 5.92 Å². The molecule has 100 valence electrons. The summed E-state index contributed by atoms with van der Waals surface area (Å²) in [5.74, 6) is -0.722. The summed E-state index contributed by atoms with van der Waals surface area (Å²) in [7, 11) is 3.06. The number of rotatable bonds is 3. The van der Waals surface area contributed by atoms with Gasteiger partial charge in [0, 0.05) is 19.1 Å². The molecule has 2 unspecified atom stereocenters. The Morgan fingerprint density at radius 1 is 1.47 bits per heavy atom. The van der Waals surface area contributed by atoms with E-state index >= 15 is 0 Å². The van der Waals surface area contributed by atoms with Crippen LogP contribution in [0.1, 0.15) is 6.42 Å². The van der Waals surface area contributed by atoms with Gasteiger partial charge in [-0.2, -0.15) is 13.2 Å². The first kappa shape index (κ1) is 14.2. The first-order valence-corrected chi connectivity index (χ1v) is 5.38. The Balaban J connectivity index is 2.48. The van der Waals surface area contributed by atoms with E-state index in [1.165, 1.54) is 7.11 Å². The van der Waals surface area contributed by atoms with Crippen molar-refractivity contribution >= 4 is 5.97 Å². The molecule has 0 bridgehead atoms. The number of piperidine rings is 1. The van der Waals surface area contributed by atoms with Crippen LogP contribution in [0.3, 0.4) is 0 Å². The van der Waals surface area contributed by atoms with E-state index in [0.29, 0.717) is 19.5 Å². The Hall–Kier alpha value is -0.820. The maximum absolute atomic E-state index is 12.1. The highest BCUT2D eigenvalue weighted by atomic mass is 19.4. The first-order chi connectivity index (χ1) is 7.81. The summed E-state index contributed by atoms with van der Waals surface area (Å²) in [4.78, 5) is 13.2. The minimum atomic E-state index is -4.23. The summed E-state index contributed by atoms with van der Waals surface area (Å²) in [5.41, 5.74) is 0. The number of ether oxygens (including phenoxy) is 1. The van der Waals surface area contributed by atoms with Crippen molar-refractivity contribution in [3.8, 4) is 0 Å². The maximum atomic E-state index is 12.1. The number of hydrogen-bond donors (Lipinski definition) is 1. The summed E-state index contributed by atoms with van der Waals surface area (Å²) in [6.45, 7) is -0.000154. The van der Waals surface area contributed by atoms with E-state index in [4.69, 9.17) is 0 Å². The van der Waals surface area contributed by atoms with Gasteiger partial charge in [-0.1, -0.05) is 0 Å². The lowest BCUT2D eigenvalue weighted by Crippen LogP contribution is -2.51. The number of likely N-dealkylation sites (N-methyl/N-ethyl adjacent to an activating group) is 1. The van der Waals surface area contributed by atoms with Gasteiger partial charge < -0.3 is 15.0 Å². The number of carbonyl (C=O) groups excluding carboxylic acids is 1. The zero-order valence-corrected chi connectivity index (χ0v) is 9.88. The fraction of sp³-hybridized carbons (Fsp3) is 0.900. The molecule has 17 heavy (non-hydrogen) atoms. The van der Waals surface area contributed by atoms with Crippen molar-refractivity contribution in [1.82, 2.24) is 10.2 Å². The number of hydrogen-bond acceptors (Lipinski definition) is 4. The average Bonchev–Trinajstić information content (AvgIpc) is 2.23. The van der Waals surface area contributed by atoms with Crippen LogP contribution in [0.4, 0.5) is 13.2 Å². The van der Waals surface area contributed by atoms with Crippen LogP contribution < -0.4 is 5.32 Å². The predicted molar refractivity (Wildman–Crippen MR) is 55.5 cm³/mol. The van der Waals surface area contributed by atoms with Crippen molar-refractivity contribution < 1.29 is 22.7 Å². The third-order valence-electron chi connectivity index (χ3n) is 2.76. The fourth-order valence-corrected chi connectivity index (χ4v) is 2.06. The molecule has 1 heterocycles. The molecule has 1 aliphatic heterocycles. The molecule has 4 nitrogen and oxygen atoms in total. The lowest BCUT2D eigenvalue weighted by Gasteiger charge is -2.34. The van der Waals surface area contributed by atoms with Crippen LogP contribution >= 0.6 is 0 Å². The lowest BCUT2D eigenvalue weighted by molar-refractivity contribution is -0.148. The number of alkyl halides is 3. The largest absolute Gasteiger partial charge is 0.469 e. The zero-order valence-electron chi connectivity index (χ0n) is 9.88. The van der Waals surface area contributed by atoms with E-state index in [2.05, 4.69) is 10.1 Å². The van der Waals surface area contributed by atoms with Gasteiger partial charge in [0.05, 0.1) is 19.6 Å². The van der Waals surface area contributed by atoms with E-state index in [0.717, 1.165) is 0 Å². The Labute approximate surface area is 98.1 Å². The van der Waals surface area contributed by atoms with Gasteiger partial charge >= 0.3 is 12.1 Å². The molecule has 1 N–H and O–H groups in total. The Bertz CT molecular complexity index is 271. The van der Waals surface area contributed by atoms with Gasteiger partial charge in [0.15, 0.2) is 0 Å². The SMILES string of the molecule is COC(=O)C1CC(NCC(F)(F)F)CN(C)C1. The minimum absolute atomic E-state index is 0.334. The summed E-state index contributed by atoms with van der Waals surface area (Å²) in [6.07, 6.45) is -3.84. The van der Waals surface area contributed by atoms with Crippen molar-refractivity contribution in [2.75, 3.05) is 33.8 Å². The van der Waals surface area contributed by atoms with Crippen molar-refractivity contribution in [2.45, 2.75) is 18.6 Å². The number of carbonyl (C=O) groups is 1. The molecule has 1 aliphatic rings. The molecule has 0 amide bonds. The molecule has 2 atom stereocenters. The second kappa shape index (κ2) is 5.68. The number of nitrogens with zero attached hydrogens (tertiary/aromatic N) is 1. The van der Waals surface area contributed by atoms with Gasteiger partial charge in [0.1, 0.15) is 0 Å². The molecule has 0 aliphatic carbocycles. The fourth-order valence-electron chi connectivity index (χ4n) is 2.06. The van der Waals surface area contributed by atoms with E-state index in [-0.39, 0.29) is 17.9 Å². The van der Waals surface area contributed by atoms with Crippen LogP contribution in [-0.4, -0.2) is 56.9 Å². The Kier molecular flexibility index (Phi) is 4.76. The van der Waals surface area contributed by atoms with Crippen LogP contribution in [0.25, 0.3) is 0 Å². The van der Waals surface area contributed by atoms with E-state index in [1.807, 2.05) is 4.90 Å². The molecule has 1 saturated heterocycles. The van der Waals surface area contributed by atoms with Crippen LogP contribution in [0.5, 0.6) is 0 Å². The number of esters is 1. The number of methoxy groups -OCH3 is 1. The monoisotopic (exact) mass is 254 g/mol. The average molecular weight is 254 g/mol. The minimum Gasteiger partial charge on any atom is -0.469 e. The van der Waals surface area contributed by atoms with Gasteiger partial charge in [-0.15, -0.1) is 0 Å². The Morgan fingerprint density at radius 2 is 2.12 bits per heavy atom. The number of halogens is 3. The predicted octanol–water partition coefficient (Wildman–Crippen LogP) is 0.632. The molecule has 0 spiro atoms. The van der Waals surface area contributed by atoms with Gasteiger partial charge in [-0.25, -0.2) is 0 Å². The molecule has 1 fully saturated rings. The molecule has 0 aromatic carbocycles. The second-order valence-electron chi connectivity index (χ2n) is 4.37. The van der Waals surface area contributed by atoms with Gasteiger partial charge in [-0.05, 0) is 13.5 Å². The second-order valence-corrected chi connectivity index (χ2v) is 4.37. The first-order valence-electron chi connectivity index (χ1n) is 5.38. The Morgan fingerprint density at radius 3 is 2.65 bits per heavy atom. The van der Waals surface area contributed by atoms with E-state index in [9.17, 15) is 18.0 Å². The molecular weight excluding hydrogens is 237 g/mol. The third kappa shape index (κ3) is 4.91. The number of likely N-dealkylation sites (tertiary alicyclic amines) is 1. The van der Waals surface area contributed by atoms with E-state index < -0.39 is 12.7 Å². The van der Waals surface area contributed by atoms with Crippen LogP contribution in [0.2, 0.25) is 0 Å². The maximum Gasteiger partial charge on any atom is 0.401 e. The zero-order chi connectivity index (χ0) is 13.1. The van der Waals surface area contributed by atoms with Crippen molar-refractivity contribution in [3.63, 3.8) is 0 Å². The molecule has 0 aromatic heterocycles. The highest BCUT2D eigenvalue weighted by Crippen LogP contribution is 2.19. The molecule has 0 saturated carbocycles. The summed E-state index contributed by atoms with van der Waals surface area (Å²) < 4.78 is 40.8. The third-order valence-corrected chi connectivity index (χ3v) is 2.76. The molecule has 7 heteroatoms. The summed E-state index contributed by atoms with van der Waals surface area (Å²) in [5, 5.41) is 2.43. The highest BCUT2D eigenvalue weighted by molar-refractivity contribution is 5.72. The van der Waals surface area contributed by atoms with Crippen molar-refractivity contribution in [1.29, 1.82) is 0 Å². The highest BCUT2D eigenvalue weighted by Gasteiger charge is 2.33. The molecular formula is C10H17F3N2O2. The van der Waals surface area contributed by atoms with Crippen LogP contribution in [0.15, 0.2) is 0 Å². The lowest BCUT2D eigenvalue weighted by atomic mass is 9.94. The molecule has 0 radical (unpaired) electrons. The molecule has 0 aromatic rings. The number of nitrogens with one attached hydrogen (secondary N) is 1. The standard InChI is InChI=1S/C10H17F3N2O2/c1-15-4-7(9(16)17-2)3-8(5-15)14-6-10(11,12)13/h7-8,14H,3-6H2,1-2H3. The molecule has 1 rings (SSSR count). The topological polar surface area (TPSA) is 41.6 Å². The summed E-state index contributed by atoms with van der Waals surface area (Å²) >= 11 is 0. The quantitative estimate of drug-likeness (QED) is 0.750. The normalized spacial score (nSPS) is 26.9.